The smallest absolute Gasteiger partial charge is 0.232 e. The zero-order chi connectivity index (χ0) is 11.7. The van der Waals surface area contributed by atoms with Crippen molar-refractivity contribution in [1.29, 1.82) is 0 Å². The van der Waals surface area contributed by atoms with Gasteiger partial charge in [0.15, 0.2) is 0 Å². The van der Waals surface area contributed by atoms with Crippen LogP contribution in [0.5, 0.6) is 0 Å². The van der Waals surface area contributed by atoms with Crippen LogP contribution in [-0.2, 0) is 11.2 Å². The molecule has 0 N–H and O–H groups in total. The third-order valence-corrected chi connectivity index (χ3v) is 3.17. The Morgan fingerprint density at radius 2 is 2.25 bits per heavy atom. The minimum Gasteiger partial charge on any atom is -0.296 e. The lowest BCUT2D eigenvalue weighted by Crippen LogP contribution is -2.28. The summed E-state index contributed by atoms with van der Waals surface area (Å²) < 4.78 is 0. The molecule has 1 aliphatic rings. The zero-order valence-electron chi connectivity index (χ0n) is 8.96. The molecule has 1 aliphatic heterocycles. The van der Waals surface area contributed by atoms with Crippen LogP contribution in [0.4, 0.5) is 5.82 Å². The Bertz CT molecular complexity index is 434. The van der Waals surface area contributed by atoms with Gasteiger partial charge in [0.1, 0.15) is 11.0 Å². The summed E-state index contributed by atoms with van der Waals surface area (Å²) in [5.74, 6) is 0.691. The Morgan fingerprint density at radius 3 is 2.94 bits per heavy atom. The number of aromatic nitrogens is 1. The van der Waals surface area contributed by atoms with Gasteiger partial charge in [-0.1, -0.05) is 36.5 Å². The molecule has 0 unspecified atom stereocenters. The highest BCUT2D eigenvalue weighted by Gasteiger charge is 2.30. The fourth-order valence-corrected chi connectivity index (χ4v) is 2.30. The van der Waals surface area contributed by atoms with Crippen LogP contribution < -0.4 is 4.90 Å². The average Bonchev–Trinajstić information content (AvgIpc) is 2.53. The number of amides is 1. The first kappa shape index (κ1) is 11.7. The maximum Gasteiger partial charge on any atom is 0.232 e. The standard InChI is InChI=1S/C11H12Cl2N2O/c1-2-3-4-15-10(16)5-7-8(12)6-9(13)14-11(7)15/h6H,2-5H2,1H3. The van der Waals surface area contributed by atoms with Crippen LogP contribution >= 0.6 is 23.2 Å². The summed E-state index contributed by atoms with van der Waals surface area (Å²) in [5, 5.41) is 0.863. The number of hydrogen-bond donors (Lipinski definition) is 0. The van der Waals surface area contributed by atoms with Crippen LogP contribution in [0, 0.1) is 0 Å². The van der Waals surface area contributed by atoms with E-state index in [0.717, 1.165) is 18.4 Å². The van der Waals surface area contributed by atoms with Crippen LogP contribution in [0.25, 0.3) is 0 Å². The van der Waals surface area contributed by atoms with Gasteiger partial charge in [-0.05, 0) is 12.5 Å². The van der Waals surface area contributed by atoms with Crippen molar-refractivity contribution in [3.63, 3.8) is 0 Å². The Labute approximate surface area is 104 Å². The highest BCUT2D eigenvalue weighted by Crippen LogP contribution is 2.34. The topological polar surface area (TPSA) is 33.2 Å². The number of pyridine rings is 1. The number of carbonyl (C=O) groups excluding carboxylic acids is 1. The van der Waals surface area contributed by atoms with Crippen LogP contribution in [-0.4, -0.2) is 17.4 Å². The molecule has 2 rings (SSSR count). The molecule has 0 aromatic carbocycles. The molecule has 5 heteroatoms. The van der Waals surface area contributed by atoms with Crippen molar-refractivity contribution in [3.05, 3.63) is 21.8 Å². The second-order valence-corrected chi connectivity index (χ2v) is 4.60. The van der Waals surface area contributed by atoms with Crippen molar-refractivity contribution >= 4 is 34.9 Å². The first-order valence-corrected chi connectivity index (χ1v) is 6.04. The summed E-state index contributed by atoms with van der Waals surface area (Å²) in [7, 11) is 0. The van der Waals surface area contributed by atoms with Gasteiger partial charge in [-0.2, -0.15) is 0 Å². The Morgan fingerprint density at radius 1 is 1.50 bits per heavy atom. The molecule has 16 heavy (non-hydrogen) atoms. The van der Waals surface area contributed by atoms with Gasteiger partial charge in [-0.15, -0.1) is 0 Å². The lowest BCUT2D eigenvalue weighted by molar-refractivity contribution is -0.117. The van der Waals surface area contributed by atoms with Gasteiger partial charge in [-0.25, -0.2) is 4.98 Å². The quantitative estimate of drug-likeness (QED) is 0.781. The highest BCUT2D eigenvalue weighted by atomic mass is 35.5. The molecule has 86 valence electrons. The Balaban J connectivity index is 2.36. The molecule has 0 saturated heterocycles. The van der Waals surface area contributed by atoms with Crippen LogP contribution in [0.1, 0.15) is 25.3 Å². The molecular weight excluding hydrogens is 247 g/mol. The molecule has 2 heterocycles. The van der Waals surface area contributed by atoms with E-state index >= 15 is 0 Å². The van der Waals surface area contributed by atoms with Crippen molar-refractivity contribution < 1.29 is 4.79 Å². The fraction of sp³-hybridized carbons (Fsp3) is 0.455. The van der Waals surface area contributed by atoms with E-state index in [9.17, 15) is 4.79 Å². The van der Waals surface area contributed by atoms with E-state index in [1.807, 2.05) is 0 Å². The summed E-state index contributed by atoms with van der Waals surface area (Å²) in [5.41, 5.74) is 0.798. The Kier molecular flexibility index (Phi) is 3.36. The minimum atomic E-state index is 0.0557. The number of carbonyl (C=O) groups is 1. The maximum absolute atomic E-state index is 11.8. The molecule has 0 spiro atoms. The predicted molar refractivity (Wildman–Crippen MR) is 65.2 cm³/mol. The molecule has 0 atom stereocenters. The molecule has 1 aromatic rings. The third-order valence-electron chi connectivity index (χ3n) is 2.64. The Hall–Kier alpha value is -0.800. The number of nitrogens with zero attached hydrogens (tertiary/aromatic N) is 2. The minimum absolute atomic E-state index is 0.0557. The van der Waals surface area contributed by atoms with E-state index in [2.05, 4.69) is 11.9 Å². The molecule has 1 aromatic heterocycles. The summed E-state index contributed by atoms with van der Waals surface area (Å²) >= 11 is 11.9. The van der Waals surface area contributed by atoms with E-state index in [1.54, 1.807) is 11.0 Å². The van der Waals surface area contributed by atoms with Gasteiger partial charge in [0, 0.05) is 12.1 Å². The van der Waals surface area contributed by atoms with Crippen LogP contribution in [0.3, 0.4) is 0 Å². The number of halogens is 2. The van der Waals surface area contributed by atoms with E-state index in [4.69, 9.17) is 23.2 Å². The normalized spacial score (nSPS) is 14.4. The highest BCUT2D eigenvalue weighted by molar-refractivity contribution is 6.35. The molecular formula is C11H12Cl2N2O. The summed E-state index contributed by atoms with van der Waals surface area (Å²) in [4.78, 5) is 17.6. The second-order valence-electron chi connectivity index (χ2n) is 3.80. The molecule has 0 radical (unpaired) electrons. The van der Waals surface area contributed by atoms with Gasteiger partial charge < -0.3 is 0 Å². The average molecular weight is 259 g/mol. The number of fused-ring (bicyclic) bond motifs is 1. The second kappa shape index (κ2) is 4.60. The summed E-state index contributed by atoms with van der Waals surface area (Å²) in [6, 6.07) is 1.58. The van der Waals surface area contributed by atoms with Gasteiger partial charge >= 0.3 is 0 Å². The number of hydrogen-bond acceptors (Lipinski definition) is 2. The van der Waals surface area contributed by atoms with Gasteiger partial charge in [0.25, 0.3) is 0 Å². The van der Waals surface area contributed by atoms with Gasteiger partial charge in [-0.3, -0.25) is 9.69 Å². The first-order valence-electron chi connectivity index (χ1n) is 5.28. The van der Waals surface area contributed by atoms with Gasteiger partial charge in [0.05, 0.1) is 11.4 Å². The van der Waals surface area contributed by atoms with Crippen molar-refractivity contribution in [2.75, 3.05) is 11.4 Å². The molecule has 0 aliphatic carbocycles. The molecule has 0 saturated carbocycles. The van der Waals surface area contributed by atoms with E-state index in [1.165, 1.54) is 0 Å². The number of rotatable bonds is 3. The van der Waals surface area contributed by atoms with E-state index in [0.29, 0.717) is 29.0 Å². The van der Waals surface area contributed by atoms with Crippen LogP contribution in [0.15, 0.2) is 6.07 Å². The largest absolute Gasteiger partial charge is 0.296 e. The van der Waals surface area contributed by atoms with E-state index < -0.39 is 0 Å². The third kappa shape index (κ3) is 2.02. The zero-order valence-corrected chi connectivity index (χ0v) is 10.5. The van der Waals surface area contributed by atoms with Crippen molar-refractivity contribution in [2.24, 2.45) is 0 Å². The van der Waals surface area contributed by atoms with E-state index in [-0.39, 0.29) is 5.91 Å². The SMILES string of the molecule is CCCCN1C(=O)Cc2c(Cl)cc(Cl)nc21. The number of unbranched alkanes of at least 4 members (excludes halogenated alkanes) is 1. The van der Waals surface area contributed by atoms with Crippen molar-refractivity contribution in [3.8, 4) is 0 Å². The fourth-order valence-electron chi connectivity index (χ4n) is 1.80. The maximum atomic E-state index is 11.8. The lowest BCUT2D eigenvalue weighted by atomic mass is 10.2. The molecule has 0 bridgehead atoms. The first-order chi connectivity index (χ1) is 7.63. The number of anilines is 1. The molecule has 3 nitrogen and oxygen atoms in total. The molecule has 1 amide bonds. The molecule has 0 fully saturated rings. The van der Waals surface area contributed by atoms with Crippen molar-refractivity contribution in [2.45, 2.75) is 26.2 Å². The van der Waals surface area contributed by atoms with Crippen LogP contribution in [0.2, 0.25) is 10.2 Å². The van der Waals surface area contributed by atoms with Crippen molar-refractivity contribution in [1.82, 2.24) is 4.98 Å². The summed E-state index contributed by atoms with van der Waals surface area (Å²) in [6.07, 6.45) is 2.33. The van der Waals surface area contributed by atoms with Gasteiger partial charge in [0.2, 0.25) is 5.91 Å². The summed E-state index contributed by atoms with van der Waals surface area (Å²) in [6.45, 7) is 2.77. The monoisotopic (exact) mass is 258 g/mol. The predicted octanol–water partition coefficient (Wildman–Crippen LogP) is 3.08. The lowest BCUT2D eigenvalue weighted by Gasteiger charge is -2.15.